The van der Waals surface area contributed by atoms with Crippen LogP contribution in [0.1, 0.15) is 39.7 Å². The molecule has 0 fully saturated rings. The average Bonchev–Trinajstić information content (AvgIpc) is 3.01. The molecule has 0 spiro atoms. The zero-order valence-corrected chi connectivity index (χ0v) is 13.6. The van der Waals surface area contributed by atoms with Gasteiger partial charge >= 0.3 is 0 Å². The van der Waals surface area contributed by atoms with Crippen LogP contribution in [-0.4, -0.2) is 9.97 Å². The molecule has 1 aliphatic rings. The number of aryl methyl sites for hydroxylation is 3. The number of thiophene rings is 1. The summed E-state index contributed by atoms with van der Waals surface area (Å²) in [5, 5.41) is 1.62. The van der Waals surface area contributed by atoms with Crippen LogP contribution < -0.4 is 0 Å². The Kier molecular flexibility index (Phi) is 3.02. The molecule has 1 unspecified atom stereocenters. The van der Waals surface area contributed by atoms with Gasteiger partial charge in [-0.3, -0.25) is 0 Å². The van der Waals surface area contributed by atoms with Crippen molar-refractivity contribution in [3.05, 3.63) is 56.8 Å². The Morgan fingerprint density at radius 1 is 1.19 bits per heavy atom. The van der Waals surface area contributed by atoms with Crippen LogP contribution in [0.25, 0.3) is 10.2 Å². The Labute approximate surface area is 132 Å². The minimum atomic E-state index is 0.283. The van der Waals surface area contributed by atoms with Gasteiger partial charge < -0.3 is 0 Å². The third-order valence-corrected chi connectivity index (χ3v) is 5.82. The predicted octanol–water partition coefficient (Wildman–Crippen LogP) is 5.04. The van der Waals surface area contributed by atoms with E-state index in [9.17, 15) is 0 Å². The fourth-order valence-corrected chi connectivity index (χ4v) is 4.61. The minimum Gasteiger partial charge on any atom is -0.221 e. The molecule has 2 heterocycles. The van der Waals surface area contributed by atoms with Gasteiger partial charge in [-0.05, 0) is 43.4 Å². The lowest BCUT2D eigenvalue weighted by molar-refractivity contribution is 0.735. The lowest BCUT2D eigenvalue weighted by Crippen LogP contribution is -2.03. The van der Waals surface area contributed by atoms with Crippen molar-refractivity contribution in [2.24, 2.45) is 0 Å². The molecule has 4 rings (SSSR count). The van der Waals surface area contributed by atoms with E-state index < -0.39 is 0 Å². The Balaban J connectivity index is 1.89. The van der Waals surface area contributed by atoms with Gasteiger partial charge in [-0.25, -0.2) is 9.97 Å². The van der Waals surface area contributed by atoms with Gasteiger partial charge in [0.1, 0.15) is 15.8 Å². The molecule has 0 saturated heterocycles. The molecule has 0 bridgehead atoms. The van der Waals surface area contributed by atoms with Crippen LogP contribution in [-0.2, 0) is 6.42 Å². The van der Waals surface area contributed by atoms with Crippen molar-refractivity contribution in [3.8, 4) is 0 Å². The first-order valence-corrected chi connectivity index (χ1v) is 8.35. The first kappa shape index (κ1) is 13.2. The van der Waals surface area contributed by atoms with E-state index in [1.165, 1.54) is 21.6 Å². The number of rotatable bonds is 1. The second-order valence-electron chi connectivity index (χ2n) is 5.63. The molecule has 3 aromatic rings. The van der Waals surface area contributed by atoms with Gasteiger partial charge in [-0.2, -0.15) is 0 Å². The van der Waals surface area contributed by atoms with Crippen LogP contribution in [0.3, 0.4) is 0 Å². The zero-order chi connectivity index (χ0) is 14.6. The molecular weight excluding hydrogens is 300 g/mol. The summed E-state index contributed by atoms with van der Waals surface area (Å²) < 4.78 is 0. The summed E-state index contributed by atoms with van der Waals surface area (Å²) in [4.78, 5) is 11.7. The molecule has 1 aliphatic carbocycles. The quantitative estimate of drug-likeness (QED) is 0.588. The van der Waals surface area contributed by atoms with Crippen molar-refractivity contribution in [2.75, 3.05) is 0 Å². The van der Waals surface area contributed by atoms with E-state index in [4.69, 9.17) is 16.6 Å². The smallest absolute Gasteiger partial charge is 0.141 e. The van der Waals surface area contributed by atoms with Crippen molar-refractivity contribution in [3.63, 3.8) is 0 Å². The second-order valence-corrected chi connectivity index (χ2v) is 7.19. The Bertz CT molecular complexity index is 853. The van der Waals surface area contributed by atoms with Gasteiger partial charge in [0.05, 0.1) is 5.39 Å². The van der Waals surface area contributed by atoms with E-state index >= 15 is 0 Å². The fourth-order valence-electron chi connectivity index (χ4n) is 3.20. The van der Waals surface area contributed by atoms with E-state index in [0.717, 1.165) is 28.9 Å². The van der Waals surface area contributed by atoms with Crippen LogP contribution in [0.2, 0.25) is 5.15 Å². The number of halogens is 1. The van der Waals surface area contributed by atoms with E-state index in [2.05, 4.69) is 43.1 Å². The summed E-state index contributed by atoms with van der Waals surface area (Å²) in [5.41, 5.74) is 3.98. The maximum absolute atomic E-state index is 6.44. The van der Waals surface area contributed by atoms with Crippen LogP contribution in [0.4, 0.5) is 0 Å². The van der Waals surface area contributed by atoms with E-state index in [1.54, 1.807) is 11.3 Å². The largest absolute Gasteiger partial charge is 0.221 e. The van der Waals surface area contributed by atoms with Crippen molar-refractivity contribution in [1.29, 1.82) is 0 Å². The first-order valence-electron chi connectivity index (χ1n) is 7.16. The molecule has 1 atom stereocenters. The van der Waals surface area contributed by atoms with Crippen molar-refractivity contribution in [1.82, 2.24) is 9.97 Å². The highest BCUT2D eigenvalue weighted by Gasteiger charge is 2.27. The first-order chi connectivity index (χ1) is 10.1. The number of benzene rings is 1. The molecule has 0 radical (unpaired) electrons. The van der Waals surface area contributed by atoms with Gasteiger partial charge in [-0.1, -0.05) is 35.9 Å². The highest BCUT2D eigenvalue weighted by Crippen LogP contribution is 2.39. The molecular formula is C17H15ClN2S. The molecule has 0 amide bonds. The van der Waals surface area contributed by atoms with Gasteiger partial charge in [0.25, 0.3) is 0 Å². The van der Waals surface area contributed by atoms with E-state index in [-0.39, 0.29) is 5.92 Å². The molecule has 1 aromatic carbocycles. The lowest BCUT2D eigenvalue weighted by atomic mass is 10.0. The SMILES string of the molecule is Cc1sc2nc(C3CCc4ccccc43)nc(Cl)c2c1C. The number of fused-ring (bicyclic) bond motifs is 2. The molecule has 0 aliphatic heterocycles. The molecule has 2 aromatic heterocycles. The summed E-state index contributed by atoms with van der Waals surface area (Å²) in [7, 11) is 0. The number of hydrogen-bond donors (Lipinski definition) is 0. The van der Waals surface area contributed by atoms with Crippen LogP contribution in [0.5, 0.6) is 0 Å². The molecule has 2 nitrogen and oxygen atoms in total. The van der Waals surface area contributed by atoms with Crippen molar-refractivity contribution < 1.29 is 0 Å². The average molecular weight is 315 g/mol. The minimum absolute atomic E-state index is 0.283. The van der Waals surface area contributed by atoms with Crippen molar-refractivity contribution >= 4 is 33.2 Å². The highest BCUT2D eigenvalue weighted by atomic mass is 35.5. The lowest BCUT2D eigenvalue weighted by Gasteiger charge is -2.10. The Morgan fingerprint density at radius 3 is 2.86 bits per heavy atom. The monoisotopic (exact) mass is 314 g/mol. The Morgan fingerprint density at radius 2 is 2.00 bits per heavy atom. The van der Waals surface area contributed by atoms with Crippen LogP contribution in [0, 0.1) is 13.8 Å². The van der Waals surface area contributed by atoms with Crippen LogP contribution in [0.15, 0.2) is 24.3 Å². The van der Waals surface area contributed by atoms with Gasteiger partial charge in [0.2, 0.25) is 0 Å². The summed E-state index contributed by atoms with van der Waals surface area (Å²) in [6.07, 6.45) is 2.17. The third kappa shape index (κ3) is 1.99. The second kappa shape index (κ2) is 4.79. The molecule has 21 heavy (non-hydrogen) atoms. The summed E-state index contributed by atoms with van der Waals surface area (Å²) in [6, 6.07) is 8.59. The number of aromatic nitrogens is 2. The zero-order valence-electron chi connectivity index (χ0n) is 12.0. The number of nitrogens with zero attached hydrogens (tertiary/aromatic N) is 2. The summed E-state index contributed by atoms with van der Waals surface area (Å²) in [6.45, 7) is 4.20. The molecule has 4 heteroatoms. The highest BCUT2D eigenvalue weighted by molar-refractivity contribution is 7.18. The fraction of sp³-hybridized carbons (Fsp3) is 0.294. The van der Waals surface area contributed by atoms with Crippen molar-refractivity contribution in [2.45, 2.75) is 32.6 Å². The normalized spacial score (nSPS) is 17.4. The van der Waals surface area contributed by atoms with Crippen LogP contribution >= 0.6 is 22.9 Å². The maximum atomic E-state index is 6.44. The van der Waals surface area contributed by atoms with Gasteiger partial charge in [0, 0.05) is 10.8 Å². The van der Waals surface area contributed by atoms with Gasteiger partial charge in [0.15, 0.2) is 0 Å². The summed E-state index contributed by atoms with van der Waals surface area (Å²) >= 11 is 8.15. The van der Waals surface area contributed by atoms with Gasteiger partial charge in [-0.15, -0.1) is 11.3 Å². The third-order valence-electron chi connectivity index (χ3n) is 4.45. The predicted molar refractivity (Wildman–Crippen MR) is 88.5 cm³/mol. The Hall–Kier alpha value is -1.45. The number of hydrogen-bond acceptors (Lipinski definition) is 3. The van der Waals surface area contributed by atoms with E-state index in [1.807, 2.05) is 0 Å². The standard InChI is InChI=1S/C17H15ClN2S/c1-9-10(2)21-17-14(9)15(18)19-16(20-17)13-8-7-11-5-3-4-6-12(11)13/h3-6,13H,7-8H2,1-2H3. The van der Waals surface area contributed by atoms with E-state index in [0.29, 0.717) is 5.15 Å². The molecule has 0 saturated carbocycles. The maximum Gasteiger partial charge on any atom is 0.141 e. The molecule has 106 valence electrons. The molecule has 0 N–H and O–H groups in total. The summed E-state index contributed by atoms with van der Waals surface area (Å²) in [5.74, 6) is 1.16. The topological polar surface area (TPSA) is 25.8 Å².